The van der Waals surface area contributed by atoms with Crippen LogP contribution in [-0.2, 0) is 19.1 Å². The first-order chi connectivity index (χ1) is 8.69. The normalized spacial score (nSPS) is 20.2. The van der Waals surface area contributed by atoms with Crippen molar-refractivity contribution in [2.75, 3.05) is 20.3 Å². The number of carbonyl (C=O) groups excluding carboxylic acids is 2. The number of allylic oxidation sites excluding steroid dienone is 1. The van der Waals surface area contributed by atoms with Gasteiger partial charge in [0.25, 0.3) is 0 Å². The largest absolute Gasteiger partial charge is 0.467 e. The van der Waals surface area contributed by atoms with Crippen molar-refractivity contribution in [2.24, 2.45) is 5.92 Å². The summed E-state index contributed by atoms with van der Waals surface area (Å²) in [5, 5.41) is 2.74. The standard InChI is InChI=1S/C13H21NO4/c1-3-4-5-6-11(13(16)17-2)14-12(15)10-7-8-18-9-10/h3,10-11H,1,4-9H2,2H3,(H,14,15)/t10-,11-/m0/s1. The summed E-state index contributed by atoms with van der Waals surface area (Å²) >= 11 is 0. The maximum Gasteiger partial charge on any atom is 0.328 e. The Balaban J connectivity index is 2.45. The van der Waals surface area contributed by atoms with Crippen molar-refractivity contribution in [2.45, 2.75) is 31.7 Å². The molecule has 0 bridgehead atoms. The quantitative estimate of drug-likeness (QED) is 0.419. The van der Waals surface area contributed by atoms with Gasteiger partial charge >= 0.3 is 5.97 Å². The van der Waals surface area contributed by atoms with Gasteiger partial charge < -0.3 is 14.8 Å². The fraction of sp³-hybridized carbons (Fsp3) is 0.692. The molecule has 0 radical (unpaired) electrons. The van der Waals surface area contributed by atoms with Crippen LogP contribution in [0.4, 0.5) is 0 Å². The molecule has 1 N–H and O–H groups in total. The Morgan fingerprint density at radius 2 is 2.39 bits per heavy atom. The number of nitrogens with one attached hydrogen (secondary N) is 1. The summed E-state index contributed by atoms with van der Waals surface area (Å²) in [5.41, 5.74) is 0. The number of hydrogen-bond acceptors (Lipinski definition) is 4. The van der Waals surface area contributed by atoms with E-state index in [-0.39, 0.29) is 11.8 Å². The van der Waals surface area contributed by atoms with E-state index in [9.17, 15) is 9.59 Å². The number of unbranched alkanes of at least 4 members (excludes halogenated alkanes) is 1. The van der Waals surface area contributed by atoms with E-state index >= 15 is 0 Å². The Morgan fingerprint density at radius 3 is 2.94 bits per heavy atom. The van der Waals surface area contributed by atoms with Crippen molar-refractivity contribution in [3.63, 3.8) is 0 Å². The minimum atomic E-state index is -0.567. The predicted octanol–water partition coefficient (Wildman–Crippen LogP) is 1.04. The highest BCUT2D eigenvalue weighted by molar-refractivity contribution is 5.85. The Hall–Kier alpha value is -1.36. The first-order valence-electron chi connectivity index (χ1n) is 6.26. The van der Waals surface area contributed by atoms with Crippen LogP contribution >= 0.6 is 0 Å². The first kappa shape index (κ1) is 14.7. The molecule has 1 rings (SSSR count). The first-order valence-corrected chi connectivity index (χ1v) is 6.26. The Bertz CT molecular complexity index is 297. The molecule has 1 saturated heterocycles. The third kappa shape index (κ3) is 4.49. The van der Waals surface area contributed by atoms with Crippen molar-refractivity contribution in [3.8, 4) is 0 Å². The Kier molecular flexibility index (Phi) is 6.43. The van der Waals surface area contributed by atoms with Gasteiger partial charge in [0.15, 0.2) is 0 Å². The lowest BCUT2D eigenvalue weighted by atomic mass is 10.1. The number of amides is 1. The van der Waals surface area contributed by atoms with Gasteiger partial charge in [-0.25, -0.2) is 4.79 Å². The van der Waals surface area contributed by atoms with Gasteiger partial charge in [-0.2, -0.15) is 0 Å². The average molecular weight is 255 g/mol. The van der Waals surface area contributed by atoms with Crippen LogP contribution in [0.25, 0.3) is 0 Å². The highest BCUT2D eigenvalue weighted by Gasteiger charge is 2.28. The summed E-state index contributed by atoms with van der Waals surface area (Å²) in [7, 11) is 1.33. The average Bonchev–Trinajstić information content (AvgIpc) is 2.90. The minimum Gasteiger partial charge on any atom is -0.467 e. The highest BCUT2D eigenvalue weighted by Crippen LogP contribution is 2.13. The lowest BCUT2D eigenvalue weighted by Crippen LogP contribution is -2.44. The molecule has 2 atom stereocenters. The summed E-state index contributed by atoms with van der Waals surface area (Å²) in [6, 6.07) is -0.567. The zero-order valence-electron chi connectivity index (χ0n) is 10.8. The monoisotopic (exact) mass is 255 g/mol. The zero-order valence-corrected chi connectivity index (χ0v) is 10.8. The maximum absolute atomic E-state index is 11.9. The lowest BCUT2D eigenvalue weighted by Gasteiger charge is -2.18. The lowest BCUT2D eigenvalue weighted by molar-refractivity contribution is -0.145. The van der Waals surface area contributed by atoms with Crippen LogP contribution in [0.15, 0.2) is 12.7 Å². The van der Waals surface area contributed by atoms with E-state index in [1.165, 1.54) is 7.11 Å². The van der Waals surface area contributed by atoms with E-state index in [1.807, 2.05) is 0 Å². The van der Waals surface area contributed by atoms with Crippen LogP contribution in [0.5, 0.6) is 0 Å². The fourth-order valence-electron chi connectivity index (χ4n) is 1.89. The van der Waals surface area contributed by atoms with Crippen LogP contribution in [0.3, 0.4) is 0 Å². The number of esters is 1. The molecule has 0 aromatic carbocycles. The Labute approximate surface area is 108 Å². The van der Waals surface area contributed by atoms with Gasteiger partial charge in [0.1, 0.15) is 6.04 Å². The van der Waals surface area contributed by atoms with Crippen LogP contribution in [0, 0.1) is 5.92 Å². The number of methoxy groups -OCH3 is 1. The Morgan fingerprint density at radius 1 is 1.61 bits per heavy atom. The van der Waals surface area contributed by atoms with Gasteiger partial charge in [0.05, 0.1) is 19.6 Å². The minimum absolute atomic E-state index is 0.124. The van der Waals surface area contributed by atoms with Crippen molar-refractivity contribution in [1.29, 1.82) is 0 Å². The molecule has 1 heterocycles. The smallest absolute Gasteiger partial charge is 0.328 e. The van der Waals surface area contributed by atoms with Crippen LogP contribution in [0.1, 0.15) is 25.7 Å². The third-order valence-corrected chi connectivity index (χ3v) is 3.00. The SMILES string of the molecule is C=CCCC[C@H](NC(=O)[C@H]1CCOC1)C(=O)OC. The molecule has 5 heteroatoms. The van der Waals surface area contributed by atoms with Crippen LogP contribution in [-0.4, -0.2) is 38.2 Å². The molecular weight excluding hydrogens is 234 g/mol. The van der Waals surface area contributed by atoms with Gasteiger partial charge in [-0.1, -0.05) is 6.08 Å². The topological polar surface area (TPSA) is 64.6 Å². The zero-order chi connectivity index (χ0) is 13.4. The van der Waals surface area contributed by atoms with Crippen LogP contribution < -0.4 is 5.32 Å². The molecule has 1 aliphatic heterocycles. The molecule has 0 aliphatic carbocycles. The van der Waals surface area contributed by atoms with Gasteiger partial charge in [-0.3, -0.25) is 4.79 Å². The number of hydrogen-bond donors (Lipinski definition) is 1. The molecule has 1 amide bonds. The molecule has 102 valence electrons. The second kappa shape index (κ2) is 7.87. The van der Waals surface area contributed by atoms with E-state index in [0.29, 0.717) is 26.1 Å². The summed E-state index contributed by atoms with van der Waals surface area (Å²) < 4.78 is 9.85. The maximum atomic E-state index is 11.9. The molecule has 1 aliphatic rings. The van der Waals surface area contributed by atoms with Gasteiger partial charge in [0.2, 0.25) is 5.91 Å². The summed E-state index contributed by atoms with van der Waals surface area (Å²) in [5.74, 6) is -0.663. The van der Waals surface area contributed by atoms with E-state index in [0.717, 1.165) is 12.8 Å². The molecule has 0 spiro atoms. The summed E-state index contributed by atoms with van der Waals surface area (Å²) in [4.78, 5) is 23.5. The molecule has 0 aromatic heterocycles. The fourth-order valence-corrected chi connectivity index (χ4v) is 1.89. The number of rotatable bonds is 7. The van der Waals surface area contributed by atoms with Gasteiger partial charge in [-0.15, -0.1) is 6.58 Å². The molecule has 0 aromatic rings. The molecule has 0 saturated carbocycles. The van der Waals surface area contributed by atoms with E-state index in [1.54, 1.807) is 6.08 Å². The highest BCUT2D eigenvalue weighted by atomic mass is 16.5. The van der Waals surface area contributed by atoms with E-state index < -0.39 is 12.0 Å². The van der Waals surface area contributed by atoms with Crippen molar-refractivity contribution in [3.05, 3.63) is 12.7 Å². The van der Waals surface area contributed by atoms with Gasteiger partial charge in [0, 0.05) is 6.61 Å². The molecule has 5 nitrogen and oxygen atoms in total. The number of ether oxygens (including phenoxy) is 2. The van der Waals surface area contributed by atoms with E-state index in [4.69, 9.17) is 9.47 Å². The predicted molar refractivity (Wildman–Crippen MR) is 66.9 cm³/mol. The van der Waals surface area contributed by atoms with Gasteiger partial charge in [-0.05, 0) is 25.7 Å². The van der Waals surface area contributed by atoms with Crippen LogP contribution in [0.2, 0.25) is 0 Å². The molecule has 1 fully saturated rings. The molecule has 0 unspecified atom stereocenters. The third-order valence-electron chi connectivity index (χ3n) is 3.00. The molecule has 18 heavy (non-hydrogen) atoms. The van der Waals surface area contributed by atoms with Crippen molar-refractivity contribution >= 4 is 11.9 Å². The summed E-state index contributed by atoms with van der Waals surface area (Å²) in [6.45, 7) is 4.67. The molecular formula is C13H21NO4. The summed E-state index contributed by atoms with van der Waals surface area (Å²) in [6.07, 6.45) is 4.69. The second-order valence-electron chi connectivity index (χ2n) is 4.36. The van der Waals surface area contributed by atoms with Crippen molar-refractivity contribution < 1.29 is 19.1 Å². The van der Waals surface area contributed by atoms with Crippen molar-refractivity contribution in [1.82, 2.24) is 5.32 Å². The van der Waals surface area contributed by atoms with E-state index in [2.05, 4.69) is 11.9 Å². The number of carbonyl (C=O) groups is 2. The second-order valence-corrected chi connectivity index (χ2v) is 4.36.